The Bertz CT molecular complexity index is 292. The minimum absolute atomic E-state index is 0.205. The summed E-state index contributed by atoms with van der Waals surface area (Å²) in [6.45, 7) is 0. The first-order valence-corrected chi connectivity index (χ1v) is 3.84. The van der Waals surface area contributed by atoms with E-state index in [1.807, 2.05) is 0 Å². The molecule has 0 saturated carbocycles. The van der Waals surface area contributed by atoms with Crippen LogP contribution in [0, 0.1) is 0 Å². The molecular formula is C6H6BrN3O2. The number of aromatic nitrogens is 2. The number of methoxy groups -OCH3 is 1. The molecule has 0 aromatic carbocycles. The summed E-state index contributed by atoms with van der Waals surface area (Å²) in [5.41, 5.74) is 0. The molecule has 6 heteroatoms. The molecule has 0 spiro atoms. The van der Waals surface area contributed by atoms with Crippen molar-refractivity contribution in [3.63, 3.8) is 0 Å². The number of halogens is 1. The molecule has 5 nitrogen and oxygen atoms in total. The Hall–Kier alpha value is -1.17. The second kappa shape index (κ2) is 4.01. The SMILES string of the molecule is COc1cc(Br)nc(NC=O)n1. The summed E-state index contributed by atoms with van der Waals surface area (Å²) in [6.07, 6.45) is 0.501. The van der Waals surface area contributed by atoms with Crippen molar-refractivity contribution in [1.82, 2.24) is 9.97 Å². The molecule has 0 fully saturated rings. The molecule has 0 bridgehead atoms. The summed E-state index contributed by atoms with van der Waals surface area (Å²) in [5.74, 6) is 0.595. The molecule has 1 N–H and O–H groups in total. The summed E-state index contributed by atoms with van der Waals surface area (Å²) in [6, 6.07) is 1.59. The molecule has 1 rings (SSSR count). The van der Waals surface area contributed by atoms with Crippen molar-refractivity contribution >= 4 is 28.3 Å². The van der Waals surface area contributed by atoms with E-state index in [-0.39, 0.29) is 5.95 Å². The van der Waals surface area contributed by atoms with Crippen molar-refractivity contribution in [1.29, 1.82) is 0 Å². The predicted octanol–water partition coefficient (Wildman–Crippen LogP) is 0.816. The number of ether oxygens (including phenoxy) is 1. The Kier molecular flexibility index (Phi) is 2.98. The maximum absolute atomic E-state index is 10.0. The van der Waals surface area contributed by atoms with Gasteiger partial charge in [0.05, 0.1) is 7.11 Å². The van der Waals surface area contributed by atoms with Gasteiger partial charge in [-0.15, -0.1) is 0 Å². The highest BCUT2D eigenvalue weighted by atomic mass is 79.9. The number of amides is 1. The number of hydrogen-bond donors (Lipinski definition) is 1. The van der Waals surface area contributed by atoms with Crippen molar-refractivity contribution < 1.29 is 9.53 Å². The van der Waals surface area contributed by atoms with E-state index >= 15 is 0 Å². The van der Waals surface area contributed by atoms with Gasteiger partial charge in [0.1, 0.15) is 4.60 Å². The number of hydrogen-bond acceptors (Lipinski definition) is 4. The predicted molar refractivity (Wildman–Crippen MR) is 46.0 cm³/mol. The molecule has 1 aromatic heterocycles. The van der Waals surface area contributed by atoms with E-state index in [0.29, 0.717) is 16.9 Å². The van der Waals surface area contributed by atoms with Gasteiger partial charge in [-0.25, -0.2) is 4.98 Å². The van der Waals surface area contributed by atoms with Crippen molar-refractivity contribution in [2.24, 2.45) is 0 Å². The van der Waals surface area contributed by atoms with Crippen LogP contribution in [0.15, 0.2) is 10.7 Å². The fourth-order valence-electron chi connectivity index (χ4n) is 0.619. The van der Waals surface area contributed by atoms with Gasteiger partial charge in [-0.05, 0) is 15.9 Å². The second-order valence-corrected chi connectivity index (χ2v) is 2.63. The zero-order valence-electron chi connectivity index (χ0n) is 6.24. The van der Waals surface area contributed by atoms with Crippen molar-refractivity contribution in [3.8, 4) is 5.88 Å². The molecule has 1 aromatic rings. The van der Waals surface area contributed by atoms with E-state index in [4.69, 9.17) is 4.74 Å². The van der Waals surface area contributed by atoms with Crippen LogP contribution in [0.5, 0.6) is 5.88 Å². The lowest BCUT2D eigenvalue weighted by atomic mass is 10.6. The van der Waals surface area contributed by atoms with Gasteiger partial charge in [-0.1, -0.05) is 0 Å². The molecule has 0 atom stereocenters. The zero-order chi connectivity index (χ0) is 8.97. The summed E-state index contributed by atoms with van der Waals surface area (Å²) < 4.78 is 5.40. The van der Waals surface area contributed by atoms with E-state index in [0.717, 1.165) is 0 Å². The molecular weight excluding hydrogens is 226 g/mol. The van der Waals surface area contributed by atoms with E-state index in [1.54, 1.807) is 6.07 Å². The Balaban J connectivity index is 2.97. The van der Waals surface area contributed by atoms with Gasteiger partial charge in [-0.3, -0.25) is 10.1 Å². The molecule has 1 amide bonds. The highest BCUT2D eigenvalue weighted by Crippen LogP contribution is 2.15. The fraction of sp³-hybridized carbons (Fsp3) is 0.167. The Morgan fingerprint density at radius 1 is 1.67 bits per heavy atom. The lowest BCUT2D eigenvalue weighted by Gasteiger charge is -2.01. The van der Waals surface area contributed by atoms with Crippen molar-refractivity contribution in [2.75, 3.05) is 12.4 Å². The average molecular weight is 232 g/mol. The Morgan fingerprint density at radius 3 is 3.00 bits per heavy atom. The van der Waals surface area contributed by atoms with Crippen LogP contribution in [0.4, 0.5) is 5.95 Å². The summed E-state index contributed by atoms with van der Waals surface area (Å²) in [4.78, 5) is 17.7. The van der Waals surface area contributed by atoms with Gasteiger partial charge in [0, 0.05) is 6.07 Å². The minimum Gasteiger partial charge on any atom is -0.481 e. The number of anilines is 1. The standard InChI is InChI=1S/C6H6BrN3O2/c1-12-5-2-4(7)9-6(10-5)8-3-11/h2-3H,1H3,(H,8,9,10,11). The number of carbonyl (C=O) groups excluding carboxylic acids is 1. The quantitative estimate of drug-likeness (QED) is 0.618. The lowest BCUT2D eigenvalue weighted by molar-refractivity contribution is -0.105. The highest BCUT2D eigenvalue weighted by molar-refractivity contribution is 9.10. The average Bonchev–Trinajstić information content (AvgIpc) is 2.04. The number of nitrogens with one attached hydrogen (secondary N) is 1. The Morgan fingerprint density at radius 2 is 2.42 bits per heavy atom. The van der Waals surface area contributed by atoms with Crippen LogP contribution in [0.1, 0.15) is 0 Å². The maximum atomic E-state index is 10.0. The van der Waals surface area contributed by atoms with Gasteiger partial charge in [0.15, 0.2) is 0 Å². The molecule has 0 radical (unpaired) electrons. The third-order valence-corrected chi connectivity index (χ3v) is 1.47. The maximum Gasteiger partial charge on any atom is 0.233 e. The molecule has 0 aliphatic heterocycles. The van der Waals surface area contributed by atoms with Gasteiger partial charge < -0.3 is 4.74 Å². The van der Waals surface area contributed by atoms with E-state index in [1.165, 1.54) is 7.11 Å². The second-order valence-electron chi connectivity index (χ2n) is 1.82. The summed E-state index contributed by atoms with van der Waals surface area (Å²) >= 11 is 3.14. The molecule has 1 heterocycles. The third kappa shape index (κ3) is 2.16. The fourth-order valence-corrected chi connectivity index (χ4v) is 0.983. The molecule has 64 valence electrons. The lowest BCUT2D eigenvalue weighted by Crippen LogP contribution is -2.01. The third-order valence-electron chi connectivity index (χ3n) is 1.07. The molecule has 0 saturated heterocycles. The number of nitrogens with zero attached hydrogens (tertiary/aromatic N) is 2. The molecule has 0 aliphatic rings. The summed E-state index contributed by atoms with van der Waals surface area (Å²) in [7, 11) is 1.49. The first-order chi connectivity index (χ1) is 5.76. The largest absolute Gasteiger partial charge is 0.481 e. The normalized spacial score (nSPS) is 9.17. The molecule has 0 aliphatic carbocycles. The van der Waals surface area contributed by atoms with Crippen molar-refractivity contribution in [2.45, 2.75) is 0 Å². The van der Waals surface area contributed by atoms with E-state index in [9.17, 15) is 4.79 Å². The highest BCUT2D eigenvalue weighted by Gasteiger charge is 2.00. The van der Waals surface area contributed by atoms with Gasteiger partial charge in [0.2, 0.25) is 18.2 Å². The number of carbonyl (C=O) groups is 1. The van der Waals surface area contributed by atoms with Crippen LogP contribution in [-0.4, -0.2) is 23.5 Å². The smallest absolute Gasteiger partial charge is 0.233 e. The van der Waals surface area contributed by atoms with Crippen LogP contribution in [0.3, 0.4) is 0 Å². The van der Waals surface area contributed by atoms with Crippen LogP contribution in [0.25, 0.3) is 0 Å². The van der Waals surface area contributed by atoms with Gasteiger partial charge >= 0.3 is 0 Å². The van der Waals surface area contributed by atoms with Crippen LogP contribution >= 0.6 is 15.9 Å². The minimum atomic E-state index is 0.205. The zero-order valence-corrected chi connectivity index (χ0v) is 7.83. The van der Waals surface area contributed by atoms with Crippen LogP contribution in [-0.2, 0) is 4.79 Å². The van der Waals surface area contributed by atoms with E-state index in [2.05, 4.69) is 31.2 Å². The topological polar surface area (TPSA) is 64.1 Å². The van der Waals surface area contributed by atoms with Gasteiger partial charge in [0.25, 0.3) is 0 Å². The summed E-state index contributed by atoms with van der Waals surface area (Å²) in [5, 5.41) is 2.31. The van der Waals surface area contributed by atoms with Crippen LogP contribution < -0.4 is 10.1 Å². The first kappa shape index (κ1) is 8.92. The molecule has 0 unspecified atom stereocenters. The monoisotopic (exact) mass is 231 g/mol. The first-order valence-electron chi connectivity index (χ1n) is 3.05. The van der Waals surface area contributed by atoms with Gasteiger partial charge in [-0.2, -0.15) is 4.98 Å². The Labute approximate surface area is 77.3 Å². The van der Waals surface area contributed by atoms with Crippen LogP contribution in [0.2, 0.25) is 0 Å². The van der Waals surface area contributed by atoms with Crippen molar-refractivity contribution in [3.05, 3.63) is 10.7 Å². The number of rotatable bonds is 3. The molecule has 12 heavy (non-hydrogen) atoms. The van der Waals surface area contributed by atoms with E-state index < -0.39 is 0 Å².